The number of anilines is 1. The van der Waals surface area contributed by atoms with Crippen LogP contribution in [0.1, 0.15) is 22.5 Å². The Hall–Kier alpha value is -2.47. The van der Waals surface area contributed by atoms with E-state index >= 15 is 0 Å². The Bertz CT molecular complexity index is 663. The van der Waals surface area contributed by atoms with Crippen LogP contribution in [0.15, 0.2) is 42.7 Å². The number of carbonyl (C=O) groups is 1. The lowest BCUT2D eigenvalue weighted by Gasteiger charge is -2.33. The molecule has 0 saturated carbocycles. The molecule has 1 aliphatic rings. The molecule has 1 atom stereocenters. The first-order chi connectivity index (χ1) is 11.2. The van der Waals surface area contributed by atoms with Gasteiger partial charge >= 0.3 is 0 Å². The van der Waals surface area contributed by atoms with Crippen molar-refractivity contribution in [2.75, 3.05) is 25.4 Å². The number of amides is 1. The van der Waals surface area contributed by atoms with E-state index < -0.39 is 0 Å². The number of carbonyl (C=O) groups excluding carboxylic acids is 1. The number of hydrogen-bond acceptors (Lipinski definition) is 5. The van der Waals surface area contributed by atoms with Crippen molar-refractivity contribution >= 4 is 11.7 Å². The molecule has 0 aliphatic carbocycles. The first-order valence-electron chi connectivity index (χ1n) is 7.75. The Labute approximate surface area is 135 Å². The smallest absolute Gasteiger partial charge is 0.276 e. The number of nitrogen functional groups attached to an aromatic ring is 1. The summed E-state index contributed by atoms with van der Waals surface area (Å²) in [5.41, 5.74) is 7.24. The van der Waals surface area contributed by atoms with Crippen molar-refractivity contribution in [3.05, 3.63) is 54.0 Å². The van der Waals surface area contributed by atoms with Crippen LogP contribution < -0.4 is 5.73 Å². The minimum atomic E-state index is -0.177. The van der Waals surface area contributed by atoms with E-state index in [9.17, 15) is 4.79 Å². The number of hydrogen-bond donors (Lipinski definition) is 1. The Morgan fingerprint density at radius 3 is 2.83 bits per heavy atom. The summed E-state index contributed by atoms with van der Waals surface area (Å²) in [5.74, 6) is -0.00608. The molecule has 6 heteroatoms. The number of aryl methyl sites for hydroxylation is 1. The number of nitrogens with zero attached hydrogens (tertiary/aromatic N) is 3. The molecule has 0 spiro atoms. The fourth-order valence-electron chi connectivity index (χ4n) is 2.71. The normalized spacial score (nSPS) is 17.9. The van der Waals surface area contributed by atoms with Crippen LogP contribution in [0.5, 0.6) is 0 Å². The van der Waals surface area contributed by atoms with Crippen molar-refractivity contribution in [3.8, 4) is 0 Å². The summed E-state index contributed by atoms with van der Waals surface area (Å²) in [6, 6.07) is 10.3. The van der Waals surface area contributed by atoms with Crippen molar-refractivity contribution in [1.29, 1.82) is 0 Å². The highest BCUT2D eigenvalue weighted by molar-refractivity contribution is 5.96. The van der Waals surface area contributed by atoms with Gasteiger partial charge in [-0.3, -0.25) is 4.79 Å². The molecular formula is C17H20N4O2. The fraction of sp³-hybridized carbons (Fsp3) is 0.353. The summed E-state index contributed by atoms with van der Waals surface area (Å²) in [5, 5.41) is 0. The first-order valence-corrected chi connectivity index (χ1v) is 7.75. The second-order valence-electron chi connectivity index (χ2n) is 5.56. The predicted octanol–water partition coefficient (Wildman–Crippen LogP) is 1.53. The maximum atomic E-state index is 12.5. The number of morpholine rings is 1. The highest BCUT2D eigenvalue weighted by Gasteiger charge is 2.27. The third-order valence-electron chi connectivity index (χ3n) is 3.95. The zero-order chi connectivity index (χ0) is 16.1. The molecule has 1 aromatic heterocycles. The van der Waals surface area contributed by atoms with E-state index in [1.165, 1.54) is 18.0 Å². The van der Waals surface area contributed by atoms with Crippen molar-refractivity contribution in [2.24, 2.45) is 0 Å². The number of aromatic nitrogens is 2. The van der Waals surface area contributed by atoms with Gasteiger partial charge in [0, 0.05) is 25.5 Å². The third-order valence-corrected chi connectivity index (χ3v) is 3.95. The van der Waals surface area contributed by atoms with E-state index in [-0.39, 0.29) is 23.5 Å². The molecular weight excluding hydrogens is 292 g/mol. The number of rotatable bonds is 4. The maximum Gasteiger partial charge on any atom is 0.276 e. The van der Waals surface area contributed by atoms with Gasteiger partial charge in [0.15, 0.2) is 11.5 Å². The quantitative estimate of drug-likeness (QED) is 0.926. The molecule has 2 heterocycles. The molecule has 0 radical (unpaired) electrons. The highest BCUT2D eigenvalue weighted by atomic mass is 16.5. The van der Waals surface area contributed by atoms with Crippen LogP contribution in [0.25, 0.3) is 0 Å². The molecule has 6 nitrogen and oxygen atoms in total. The second-order valence-corrected chi connectivity index (χ2v) is 5.56. The van der Waals surface area contributed by atoms with Gasteiger partial charge in [-0.25, -0.2) is 9.97 Å². The predicted molar refractivity (Wildman–Crippen MR) is 86.9 cm³/mol. The average molecular weight is 312 g/mol. The van der Waals surface area contributed by atoms with Crippen LogP contribution in [0.2, 0.25) is 0 Å². The summed E-state index contributed by atoms with van der Waals surface area (Å²) in [4.78, 5) is 22.3. The zero-order valence-electron chi connectivity index (χ0n) is 12.9. The van der Waals surface area contributed by atoms with Gasteiger partial charge in [0.2, 0.25) is 0 Å². The van der Waals surface area contributed by atoms with Gasteiger partial charge < -0.3 is 15.4 Å². The fourth-order valence-corrected chi connectivity index (χ4v) is 2.71. The average Bonchev–Trinajstić information content (AvgIpc) is 2.61. The molecule has 1 fully saturated rings. The van der Waals surface area contributed by atoms with Gasteiger partial charge in [-0.15, -0.1) is 0 Å². The van der Waals surface area contributed by atoms with Gasteiger partial charge in [-0.2, -0.15) is 0 Å². The Kier molecular flexibility index (Phi) is 4.83. The van der Waals surface area contributed by atoms with Crippen LogP contribution >= 0.6 is 0 Å². The summed E-state index contributed by atoms with van der Waals surface area (Å²) in [6.07, 6.45) is 4.81. The zero-order valence-corrected chi connectivity index (χ0v) is 12.9. The van der Waals surface area contributed by atoms with E-state index in [0.717, 1.165) is 12.8 Å². The summed E-state index contributed by atoms with van der Waals surface area (Å²) in [6.45, 7) is 1.64. The lowest BCUT2D eigenvalue weighted by atomic mass is 10.1. The largest absolute Gasteiger partial charge is 0.382 e. The molecule has 0 bridgehead atoms. The maximum absolute atomic E-state index is 12.5. The van der Waals surface area contributed by atoms with Crippen LogP contribution in [-0.4, -0.2) is 46.6 Å². The number of nitrogens with two attached hydrogens (primary N) is 1. The second kappa shape index (κ2) is 7.19. The lowest BCUT2D eigenvalue weighted by molar-refractivity contribution is -0.0247. The Morgan fingerprint density at radius 1 is 1.26 bits per heavy atom. The lowest BCUT2D eigenvalue weighted by Crippen LogP contribution is -2.46. The molecule has 1 amide bonds. The van der Waals surface area contributed by atoms with Crippen molar-refractivity contribution in [2.45, 2.75) is 18.9 Å². The van der Waals surface area contributed by atoms with Crippen molar-refractivity contribution in [1.82, 2.24) is 14.9 Å². The molecule has 3 rings (SSSR count). The van der Waals surface area contributed by atoms with Gasteiger partial charge in [0.05, 0.1) is 12.7 Å². The topological polar surface area (TPSA) is 81.3 Å². The Morgan fingerprint density at radius 2 is 2.04 bits per heavy atom. The van der Waals surface area contributed by atoms with Gasteiger partial charge in [0.1, 0.15) is 0 Å². The van der Waals surface area contributed by atoms with Crippen LogP contribution in [0, 0.1) is 0 Å². The molecule has 1 aromatic carbocycles. The SMILES string of the molecule is Nc1nccnc1C(=O)N1CCOC(CCc2ccccc2)C1. The standard InChI is InChI=1S/C17H20N4O2/c18-16-15(19-8-9-20-16)17(22)21-10-11-23-14(12-21)7-6-13-4-2-1-3-5-13/h1-5,8-9,14H,6-7,10-12H2,(H2,18,20). The van der Waals surface area contributed by atoms with E-state index in [0.29, 0.717) is 19.7 Å². The third kappa shape index (κ3) is 3.84. The summed E-state index contributed by atoms with van der Waals surface area (Å²) in [7, 11) is 0. The molecule has 1 saturated heterocycles. The molecule has 1 aliphatic heterocycles. The van der Waals surface area contributed by atoms with E-state index in [1.807, 2.05) is 18.2 Å². The first kappa shape index (κ1) is 15.4. The van der Waals surface area contributed by atoms with Gasteiger partial charge in [0.25, 0.3) is 5.91 Å². The van der Waals surface area contributed by atoms with Crippen LogP contribution in [0.3, 0.4) is 0 Å². The molecule has 1 unspecified atom stereocenters. The van der Waals surface area contributed by atoms with Crippen molar-refractivity contribution in [3.63, 3.8) is 0 Å². The van der Waals surface area contributed by atoms with Gasteiger partial charge in [-0.05, 0) is 18.4 Å². The summed E-state index contributed by atoms with van der Waals surface area (Å²) >= 11 is 0. The molecule has 23 heavy (non-hydrogen) atoms. The molecule has 2 N–H and O–H groups in total. The van der Waals surface area contributed by atoms with E-state index in [4.69, 9.17) is 10.5 Å². The molecule has 2 aromatic rings. The highest BCUT2D eigenvalue weighted by Crippen LogP contribution is 2.15. The van der Waals surface area contributed by atoms with Crippen LogP contribution in [0.4, 0.5) is 5.82 Å². The summed E-state index contributed by atoms with van der Waals surface area (Å²) < 4.78 is 5.79. The minimum Gasteiger partial charge on any atom is -0.382 e. The Balaban J connectivity index is 1.60. The van der Waals surface area contributed by atoms with Gasteiger partial charge in [-0.1, -0.05) is 30.3 Å². The molecule has 120 valence electrons. The number of ether oxygens (including phenoxy) is 1. The van der Waals surface area contributed by atoms with Crippen molar-refractivity contribution < 1.29 is 9.53 Å². The monoisotopic (exact) mass is 312 g/mol. The van der Waals surface area contributed by atoms with Crippen LogP contribution in [-0.2, 0) is 11.2 Å². The van der Waals surface area contributed by atoms with E-state index in [1.54, 1.807) is 4.90 Å². The minimum absolute atomic E-state index is 0.0332. The van der Waals surface area contributed by atoms with E-state index in [2.05, 4.69) is 22.1 Å². The number of benzene rings is 1.